The van der Waals surface area contributed by atoms with Crippen LogP contribution in [0.25, 0.3) is 0 Å². The summed E-state index contributed by atoms with van der Waals surface area (Å²) in [4.78, 5) is 4.69. The molecular formula is C20H24ClFN2O2. The Bertz CT molecular complexity index is 726. The van der Waals surface area contributed by atoms with E-state index in [1.165, 1.54) is 12.1 Å². The number of phenolic OH excluding ortho intramolecular Hbond substituents is 1. The van der Waals surface area contributed by atoms with Gasteiger partial charge in [-0.25, -0.2) is 4.39 Å². The lowest BCUT2D eigenvalue weighted by Crippen LogP contribution is -2.52. The largest absolute Gasteiger partial charge is 0.506 e. The second kappa shape index (κ2) is 8.82. The molecule has 26 heavy (non-hydrogen) atoms. The van der Waals surface area contributed by atoms with Crippen LogP contribution in [0.4, 0.5) is 4.39 Å². The van der Waals surface area contributed by atoms with E-state index in [1.807, 2.05) is 18.2 Å². The molecule has 6 heteroatoms. The average molecular weight is 379 g/mol. The van der Waals surface area contributed by atoms with Crippen molar-refractivity contribution < 1.29 is 14.6 Å². The first kappa shape index (κ1) is 19.1. The maximum Gasteiger partial charge on any atom is 0.134 e. The number of benzene rings is 2. The molecule has 1 fully saturated rings. The lowest BCUT2D eigenvalue weighted by Gasteiger charge is -2.41. The van der Waals surface area contributed by atoms with Gasteiger partial charge in [-0.3, -0.25) is 9.80 Å². The molecule has 1 unspecified atom stereocenters. The standard InChI is InChI=1S/C20H24ClFN2O2/c21-19-11-16(3-6-20(19)26)12-23-8-9-24(18(14-23)7-10-25)13-15-1-4-17(22)5-2-15/h1-6,11,18,25-26H,7-10,12-14H2. The monoisotopic (exact) mass is 378 g/mol. The number of rotatable bonds is 6. The minimum atomic E-state index is -0.224. The zero-order valence-electron chi connectivity index (χ0n) is 14.6. The SMILES string of the molecule is OCCC1CN(Cc2ccc(O)c(Cl)c2)CCN1Cc1ccc(F)cc1. The van der Waals surface area contributed by atoms with Crippen LogP contribution in [0.15, 0.2) is 42.5 Å². The van der Waals surface area contributed by atoms with Crippen molar-refractivity contribution in [1.29, 1.82) is 0 Å². The first-order chi connectivity index (χ1) is 12.5. The Morgan fingerprint density at radius 3 is 2.46 bits per heavy atom. The summed E-state index contributed by atoms with van der Waals surface area (Å²) in [5.74, 6) is -0.129. The zero-order valence-corrected chi connectivity index (χ0v) is 15.4. The third-order valence-corrected chi connectivity index (χ3v) is 5.17. The fourth-order valence-corrected chi connectivity index (χ4v) is 3.67. The Balaban J connectivity index is 1.63. The molecule has 0 radical (unpaired) electrons. The first-order valence-electron chi connectivity index (χ1n) is 8.84. The van der Waals surface area contributed by atoms with Crippen LogP contribution in [0.1, 0.15) is 17.5 Å². The van der Waals surface area contributed by atoms with Crippen LogP contribution in [-0.4, -0.2) is 52.3 Å². The van der Waals surface area contributed by atoms with Crippen molar-refractivity contribution in [1.82, 2.24) is 9.80 Å². The molecule has 0 saturated carbocycles. The lowest BCUT2D eigenvalue weighted by atomic mass is 10.1. The summed E-state index contributed by atoms with van der Waals surface area (Å²) in [6, 6.07) is 12.1. The fraction of sp³-hybridized carbons (Fsp3) is 0.400. The number of halogens is 2. The quantitative estimate of drug-likeness (QED) is 0.810. The fourth-order valence-electron chi connectivity index (χ4n) is 3.46. The Morgan fingerprint density at radius 2 is 1.77 bits per heavy atom. The Morgan fingerprint density at radius 1 is 1.04 bits per heavy atom. The Kier molecular flexibility index (Phi) is 6.48. The van der Waals surface area contributed by atoms with E-state index in [0.29, 0.717) is 11.4 Å². The third kappa shape index (κ3) is 4.95. The van der Waals surface area contributed by atoms with Crippen LogP contribution in [0.2, 0.25) is 5.02 Å². The smallest absolute Gasteiger partial charge is 0.134 e. The van der Waals surface area contributed by atoms with Crippen LogP contribution < -0.4 is 0 Å². The van der Waals surface area contributed by atoms with Crippen LogP contribution >= 0.6 is 11.6 Å². The number of aliphatic hydroxyl groups excluding tert-OH is 1. The Labute approximate surface area is 158 Å². The molecule has 1 heterocycles. The van der Waals surface area contributed by atoms with Gasteiger partial charge in [-0.1, -0.05) is 29.8 Å². The second-order valence-corrected chi connectivity index (χ2v) is 7.19. The van der Waals surface area contributed by atoms with Gasteiger partial charge in [-0.15, -0.1) is 0 Å². The van der Waals surface area contributed by atoms with E-state index in [4.69, 9.17) is 11.6 Å². The van der Waals surface area contributed by atoms with E-state index in [9.17, 15) is 14.6 Å². The van der Waals surface area contributed by atoms with E-state index in [1.54, 1.807) is 12.1 Å². The van der Waals surface area contributed by atoms with E-state index in [-0.39, 0.29) is 24.2 Å². The van der Waals surface area contributed by atoms with Gasteiger partial charge < -0.3 is 10.2 Å². The molecular weight excluding hydrogens is 355 g/mol. The van der Waals surface area contributed by atoms with Gasteiger partial charge in [0.15, 0.2) is 0 Å². The predicted molar refractivity (Wildman–Crippen MR) is 101 cm³/mol. The van der Waals surface area contributed by atoms with Gasteiger partial charge in [0.25, 0.3) is 0 Å². The molecule has 2 aromatic carbocycles. The molecule has 1 atom stereocenters. The molecule has 4 nitrogen and oxygen atoms in total. The second-order valence-electron chi connectivity index (χ2n) is 6.78. The normalized spacial score (nSPS) is 19.0. The number of piperazine rings is 1. The number of phenols is 1. The molecule has 140 valence electrons. The van der Waals surface area contributed by atoms with Gasteiger partial charge in [0, 0.05) is 45.4 Å². The van der Waals surface area contributed by atoms with Crippen molar-refractivity contribution in [2.75, 3.05) is 26.2 Å². The van der Waals surface area contributed by atoms with Crippen molar-refractivity contribution in [3.05, 3.63) is 64.4 Å². The first-order valence-corrected chi connectivity index (χ1v) is 9.22. The number of aliphatic hydroxyl groups is 1. The van der Waals surface area contributed by atoms with Crippen LogP contribution in [-0.2, 0) is 13.1 Å². The topological polar surface area (TPSA) is 46.9 Å². The molecule has 2 N–H and O–H groups in total. The molecule has 1 aliphatic heterocycles. The molecule has 0 amide bonds. The van der Waals surface area contributed by atoms with Gasteiger partial charge in [-0.05, 0) is 41.8 Å². The zero-order chi connectivity index (χ0) is 18.5. The molecule has 0 spiro atoms. The molecule has 0 bridgehead atoms. The van der Waals surface area contributed by atoms with E-state index >= 15 is 0 Å². The van der Waals surface area contributed by atoms with Crippen LogP contribution in [0, 0.1) is 5.82 Å². The average Bonchev–Trinajstić information content (AvgIpc) is 2.62. The summed E-state index contributed by atoms with van der Waals surface area (Å²) in [6.07, 6.45) is 0.702. The van der Waals surface area contributed by atoms with Crippen molar-refractivity contribution in [2.24, 2.45) is 0 Å². The number of hydrogen-bond acceptors (Lipinski definition) is 4. The van der Waals surface area contributed by atoms with Crippen molar-refractivity contribution in [3.63, 3.8) is 0 Å². The van der Waals surface area contributed by atoms with E-state index in [0.717, 1.165) is 43.9 Å². The maximum absolute atomic E-state index is 13.1. The molecule has 2 aromatic rings. The molecule has 0 aliphatic carbocycles. The summed E-state index contributed by atoms with van der Waals surface area (Å²) < 4.78 is 13.1. The van der Waals surface area contributed by atoms with Gasteiger partial charge in [0.05, 0.1) is 5.02 Å². The van der Waals surface area contributed by atoms with Crippen LogP contribution in [0.3, 0.4) is 0 Å². The molecule has 3 rings (SSSR count). The van der Waals surface area contributed by atoms with Crippen molar-refractivity contribution in [3.8, 4) is 5.75 Å². The highest BCUT2D eigenvalue weighted by Gasteiger charge is 2.26. The van der Waals surface area contributed by atoms with E-state index < -0.39 is 0 Å². The minimum Gasteiger partial charge on any atom is -0.506 e. The van der Waals surface area contributed by atoms with Crippen molar-refractivity contribution in [2.45, 2.75) is 25.6 Å². The highest BCUT2D eigenvalue weighted by atomic mass is 35.5. The summed E-state index contributed by atoms with van der Waals surface area (Å²) in [5, 5.41) is 19.4. The minimum absolute atomic E-state index is 0.0951. The van der Waals surface area contributed by atoms with Gasteiger partial charge in [0.2, 0.25) is 0 Å². The van der Waals surface area contributed by atoms with Gasteiger partial charge >= 0.3 is 0 Å². The van der Waals surface area contributed by atoms with Gasteiger partial charge in [-0.2, -0.15) is 0 Å². The molecule has 0 aromatic heterocycles. The number of aromatic hydroxyl groups is 1. The predicted octanol–water partition coefficient (Wildman–Crippen LogP) is 3.25. The summed E-state index contributed by atoms with van der Waals surface area (Å²) in [6.45, 7) is 4.29. The number of hydrogen-bond donors (Lipinski definition) is 2. The highest BCUT2D eigenvalue weighted by Crippen LogP contribution is 2.25. The maximum atomic E-state index is 13.1. The van der Waals surface area contributed by atoms with E-state index in [2.05, 4.69) is 9.80 Å². The highest BCUT2D eigenvalue weighted by molar-refractivity contribution is 6.32. The summed E-state index contributed by atoms with van der Waals surface area (Å²) in [7, 11) is 0. The van der Waals surface area contributed by atoms with Crippen LogP contribution in [0.5, 0.6) is 5.75 Å². The van der Waals surface area contributed by atoms with Gasteiger partial charge in [0.1, 0.15) is 11.6 Å². The molecule has 1 saturated heterocycles. The Hall–Kier alpha value is -1.66. The summed E-state index contributed by atoms with van der Waals surface area (Å²) >= 11 is 6.00. The number of nitrogens with zero attached hydrogens (tertiary/aromatic N) is 2. The third-order valence-electron chi connectivity index (χ3n) is 4.87. The van der Waals surface area contributed by atoms with Crippen molar-refractivity contribution >= 4 is 11.6 Å². The summed E-state index contributed by atoms with van der Waals surface area (Å²) in [5.41, 5.74) is 2.13. The molecule has 1 aliphatic rings. The lowest BCUT2D eigenvalue weighted by molar-refractivity contribution is 0.0499.